The van der Waals surface area contributed by atoms with Gasteiger partial charge >= 0.3 is 5.97 Å². The number of hydrogen-bond donors (Lipinski definition) is 0. The average Bonchev–Trinajstić information content (AvgIpc) is 3.43. The van der Waals surface area contributed by atoms with Crippen molar-refractivity contribution in [2.75, 3.05) is 6.61 Å². The minimum Gasteiger partial charge on any atom is -0.463 e. The molecule has 2 unspecified atom stereocenters. The quantitative estimate of drug-likeness (QED) is 0.0588. The lowest BCUT2D eigenvalue weighted by atomic mass is 9.79. The average molecular weight is 609 g/mol. The largest absolute Gasteiger partial charge is 0.463 e. The summed E-state index contributed by atoms with van der Waals surface area (Å²) < 4.78 is 12.4. The van der Waals surface area contributed by atoms with Gasteiger partial charge in [0.1, 0.15) is 11.4 Å². The van der Waals surface area contributed by atoms with Crippen LogP contribution in [0.4, 0.5) is 0 Å². The second-order valence-corrected chi connectivity index (χ2v) is 12.4. The van der Waals surface area contributed by atoms with Gasteiger partial charge in [0.2, 0.25) is 0 Å². The Morgan fingerprint density at radius 3 is 1.93 bits per heavy atom. The topological polar surface area (TPSA) is 52.6 Å². The van der Waals surface area contributed by atoms with Crippen molar-refractivity contribution in [1.29, 1.82) is 0 Å². The predicted molar refractivity (Wildman–Crippen MR) is 183 cm³/mol. The number of carbonyl (C=O) groups is 2. The van der Waals surface area contributed by atoms with Gasteiger partial charge in [-0.05, 0) is 74.5 Å². The number of carbonyl (C=O) groups excluding carboxylic acids is 2. The van der Waals surface area contributed by atoms with E-state index < -0.39 is 5.60 Å². The van der Waals surface area contributed by atoms with E-state index in [2.05, 4.69) is 97.9 Å². The van der Waals surface area contributed by atoms with Crippen LogP contribution in [0.2, 0.25) is 0 Å². The lowest BCUT2D eigenvalue weighted by molar-refractivity contribution is -0.137. The van der Waals surface area contributed by atoms with E-state index in [1.807, 2.05) is 13.0 Å². The summed E-state index contributed by atoms with van der Waals surface area (Å²) in [4.78, 5) is 24.4. The molecule has 0 spiro atoms. The van der Waals surface area contributed by atoms with Gasteiger partial charge in [0, 0.05) is 18.4 Å². The molecule has 3 aromatic rings. The van der Waals surface area contributed by atoms with Gasteiger partial charge in [-0.2, -0.15) is 0 Å². The molecular formula is C41H52O4. The Hall–Kier alpha value is -3.50. The zero-order valence-corrected chi connectivity index (χ0v) is 27.4. The van der Waals surface area contributed by atoms with E-state index in [4.69, 9.17) is 9.47 Å². The van der Waals surface area contributed by atoms with Gasteiger partial charge in [0.15, 0.2) is 0 Å². The maximum absolute atomic E-state index is 12.9. The molecule has 0 aliphatic heterocycles. The van der Waals surface area contributed by atoms with Crippen molar-refractivity contribution in [3.05, 3.63) is 120 Å². The van der Waals surface area contributed by atoms with Crippen LogP contribution in [-0.4, -0.2) is 24.5 Å². The summed E-state index contributed by atoms with van der Waals surface area (Å²) in [5.74, 6) is 0.794. The Balaban J connectivity index is 1.45. The number of Topliss-reactive ketones (excluding diaryl/α,β-unsaturated/α-hetero) is 1. The summed E-state index contributed by atoms with van der Waals surface area (Å²) in [7, 11) is 0. The van der Waals surface area contributed by atoms with Crippen LogP contribution in [0.1, 0.15) is 108 Å². The van der Waals surface area contributed by atoms with Crippen LogP contribution in [0.3, 0.4) is 0 Å². The first-order valence-electron chi connectivity index (χ1n) is 17.3. The van der Waals surface area contributed by atoms with Crippen molar-refractivity contribution in [2.45, 2.75) is 103 Å². The number of unbranched alkanes of at least 4 members (excludes halogenated alkanes) is 3. The highest BCUT2D eigenvalue weighted by Gasteiger charge is 2.40. The summed E-state index contributed by atoms with van der Waals surface area (Å²) in [6.45, 7) is 4.46. The van der Waals surface area contributed by atoms with Crippen LogP contribution in [0.15, 0.2) is 103 Å². The third-order valence-electron chi connectivity index (χ3n) is 9.29. The standard InChI is InChI=1S/C41H52O4/c1-3-5-27-37(28-19-20-33-31-32-39(42)38(33)29-17-6-7-18-30-40(43)44-4-2)45-41(34-21-11-8-12-22-34,35-23-13-9-14-24-35)36-25-15-10-16-26-36/h8-16,18,21-26,30,33,37-38H,3-7,17,19-20,27-29,31-32H2,1-2H3/t33-,37?,38?/m0/s1. The molecule has 0 N–H and O–H groups in total. The first-order valence-corrected chi connectivity index (χ1v) is 17.3. The molecule has 0 saturated heterocycles. The van der Waals surface area contributed by atoms with Crippen molar-refractivity contribution in [2.24, 2.45) is 11.8 Å². The minimum absolute atomic E-state index is 0.0901. The van der Waals surface area contributed by atoms with Crippen LogP contribution in [0.25, 0.3) is 0 Å². The molecule has 1 saturated carbocycles. The highest BCUT2D eigenvalue weighted by atomic mass is 16.5. The van der Waals surface area contributed by atoms with Crippen molar-refractivity contribution in [1.82, 2.24) is 0 Å². The summed E-state index contributed by atoms with van der Waals surface area (Å²) in [6, 6.07) is 32.0. The molecular weight excluding hydrogens is 556 g/mol. The number of allylic oxidation sites excluding steroid dienone is 1. The van der Waals surface area contributed by atoms with Crippen LogP contribution in [0.5, 0.6) is 0 Å². The maximum atomic E-state index is 12.9. The van der Waals surface area contributed by atoms with Gasteiger partial charge in [-0.25, -0.2) is 4.79 Å². The molecule has 1 aliphatic carbocycles. The molecule has 3 atom stereocenters. The number of rotatable bonds is 19. The third kappa shape index (κ3) is 9.74. The summed E-state index contributed by atoms with van der Waals surface area (Å²) in [5.41, 5.74) is 2.71. The molecule has 1 fully saturated rings. The number of ether oxygens (including phenoxy) is 2. The summed E-state index contributed by atoms with van der Waals surface area (Å²) >= 11 is 0. The number of benzene rings is 3. The zero-order valence-electron chi connectivity index (χ0n) is 27.4. The molecule has 0 heterocycles. The van der Waals surface area contributed by atoms with Crippen molar-refractivity contribution >= 4 is 11.8 Å². The van der Waals surface area contributed by atoms with E-state index in [1.54, 1.807) is 0 Å². The van der Waals surface area contributed by atoms with E-state index in [-0.39, 0.29) is 18.0 Å². The smallest absolute Gasteiger partial charge is 0.330 e. The number of ketones is 1. The fourth-order valence-electron chi connectivity index (χ4n) is 6.99. The van der Waals surface area contributed by atoms with Crippen molar-refractivity contribution < 1.29 is 19.1 Å². The van der Waals surface area contributed by atoms with Gasteiger partial charge in [0.25, 0.3) is 0 Å². The lowest BCUT2D eigenvalue weighted by Crippen LogP contribution is -2.37. The van der Waals surface area contributed by atoms with E-state index in [9.17, 15) is 9.59 Å². The fraction of sp³-hybridized carbons (Fsp3) is 0.463. The number of esters is 1. The lowest BCUT2D eigenvalue weighted by Gasteiger charge is -2.39. The Labute approximate surface area is 271 Å². The Morgan fingerprint density at radius 2 is 1.38 bits per heavy atom. The number of hydrogen-bond acceptors (Lipinski definition) is 4. The predicted octanol–water partition coefficient (Wildman–Crippen LogP) is 10.00. The van der Waals surface area contributed by atoms with Gasteiger partial charge < -0.3 is 9.47 Å². The first kappa shape index (κ1) is 34.4. The van der Waals surface area contributed by atoms with Crippen LogP contribution in [-0.2, 0) is 24.7 Å². The van der Waals surface area contributed by atoms with Crippen LogP contribution >= 0.6 is 0 Å². The van der Waals surface area contributed by atoms with Gasteiger partial charge in [-0.15, -0.1) is 0 Å². The zero-order chi connectivity index (χ0) is 31.7. The first-order chi connectivity index (χ1) is 22.1. The highest BCUT2D eigenvalue weighted by molar-refractivity contribution is 5.83. The Kier molecular flexibility index (Phi) is 14.1. The molecule has 4 nitrogen and oxygen atoms in total. The molecule has 45 heavy (non-hydrogen) atoms. The monoisotopic (exact) mass is 608 g/mol. The van der Waals surface area contributed by atoms with E-state index in [0.29, 0.717) is 24.7 Å². The minimum atomic E-state index is -0.713. The Bertz CT molecular complexity index is 1200. The van der Waals surface area contributed by atoms with E-state index in [0.717, 1.165) is 87.3 Å². The fourth-order valence-corrected chi connectivity index (χ4v) is 6.99. The second-order valence-electron chi connectivity index (χ2n) is 12.4. The van der Waals surface area contributed by atoms with E-state index in [1.165, 1.54) is 6.08 Å². The Morgan fingerprint density at radius 1 is 0.800 bits per heavy atom. The molecule has 1 aliphatic rings. The molecule has 3 aromatic carbocycles. The molecule has 4 rings (SSSR count). The van der Waals surface area contributed by atoms with Crippen molar-refractivity contribution in [3.63, 3.8) is 0 Å². The molecule has 0 amide bonds. The van der Waals surface area contributed by atoms with Gasteiger partial charge in [-0.1, -0.05) is 130 Å². The van der Waals surface area contributed by atoms with Gasteiger partial charge in [0.05, 0.1) is 12.7 Å². The summed E-state index contributed by atoms with van der Waals surface area (Å²) in [6.07, 6.45) is 15.4. The molecule has 4 heteroatoms. The molecule has 0 radical (unpaired) electrons. The molecule has 0 aromatic heterocycles. The van der Waals surface area contributed by atoms with Crippen LogP contribution in [0, 0.1) is 11.8 Å². The molecule has 0 bridgehead atoms. The van der Waals surface area contributed by atoms with Gasteiger partial charge in [-0.3, -0.25) is 4.79 Å². The van der Waals surface area contributed by atoms with E-state index >= 15 is 0 Å². The normalized spacial score (nSPS) is 17.5. The second kappa shape index (κ2) is 18.5. The summed E-state index contributed by atoms with van der Waals surface area (Å²) in [5, 5.41) is 0. The van der Waals surface area contributed by atoms with Crippen molar-refractivity contribution in [3.8, 4) is 0 Å². The third-order valence-corrected chi connectivity index (χ3v) is 9.29. The SMILES string of the molecule is CCCCC(CCC[C@H]1CCC(=O)C1CCCCC=CC(=O)OCC)OC(c1ccccc1)(c1ccccc1)c1ccccc1. The molecule has 240 valence electrons. The maximum Gasteiger partial charge on any atom is 0.330 e. The highest BCUT2D eigenvalue weighted by Crippen LogP contribution is 2.43. The van der Waals surface area contributed by atoms with Crippen LogP contribution < -0.4 is 0 Å².